The molecule has 1 aromatic rings. The maximum Gasteiger partial charge on any atom is 0.321 e. The highest BCUT2D eigenvalue weighted by molar-refractivity contribution is 6.31. The van der Waals surface area contributed by atoms with Crippen molar-refractivity contribution in [1.29, 1.82) is 0 Å². The highest BCUT2D eigenvalue weighted by atomic mass is 35.5. The number of likely N-dealkylation sites (tertiary alicyclic amines) is 1. The first kappa shape index (κ1) is 23.2. The van der Waals surface area contributed by atoms with Crippen molar-refractivity contribution in [3.63, 3.8) is 0 Å². The largest absolute Gasteiger partial charge is 0.370 e. The maximum absolute atomic E-state index is 13.0. The molecule has 1 atom stereocenters. The third-order valence-electron chi connectivity index (χ3n) is 7.04. The molecule has 3 amide bonds. The number of piperidine rings is 2. The second-order valence-electron chi connectivity index (χ2n) is 9.33. The standard InChI is InChI=1S/C24H36ClN5O2/c1-19-7-3-6-12-30(19)23(31)18-27-13-15-29(16-14-27)24(32)26-21-17-20(25)8-9-22(21)28-10-4-2-5-11-28/h8-9,17,19H,2-7,10-16,18H2,1H3,(H,26,32). The lowest BCUT2D eigenvalue weighted by Crippen LogP contribution is -2.53. The van der Waals surface area contributed by atoms with E-state index < -0.39 is 0 Å². The summed E-state index contributed by atoms with van der Waals surface area (Å²) in [6, 6.07) is 5.99. The van der Waals surface area contributed by atoms with E-state index in [9.17, 15) is 9.59 Å². The first-order valence-corrected chi connectivity index (χ1v) is 12.5. The summed E-state index contributed by atoms with van der Waals surface area (Å²) in [6.07, 6.45) is 7.02. The summed E-state index contributed by atoms with van der Waals surface area (Å²) in [5, 5.41) is 3.72. The van der Waals surface area contributed by atoms with Crippen molar-refractivity contribution in [3.8, 4) is 0 Å². The molecule has 32 heavy (non-hydrogen) atoms. The van der Waals surface area contributed by atoms with Crippen LogP contribution in [-0.4, -0.2) is 85.0 Å². The maximum atomic E-state index is 13.0. The number of nitrogens with zero attached hydrogens (tertiary/aromatic N) is 4. The fourth-order valence-electron chi connectivity index (χ4n) is 5.07. The van der Waals surface area contributed by atoms with Gasteiger partial charge < -0.3 is 20.0 Å². The van der Waals surface area contributed by atoms with Crippen molar-refractivity contribution in [2.24, 2.45) is 0 Å². The van der Waals surface area contributed by atoms with Crippen LogP contribution in [0.3, 0.4) is 0 Å². The molecule has 0 aromatic heterocycles. The Morgan fingerprint density at radius 2 is 1.69 bits per heavy atom. The van der Waals surface area contributed by atoms with Gasteiger partial charge in [0.25, 0.3) is 0 Å². The first-order valence-electron chi connectivity index (χ1n) is 12.1. The van der Waals surface area contributed by atoms with Gasteiger partial charge in [-0.2, -0.15) is 0 Å². The molecule has 3 fully saturated rings. The van der Waals surface area contributed by atoms with E-state index in [2.05, 4.69) is 22.0 Å². The summed E-state index contributed by atoms with van der Waals surface area (Å²) < 4.78 is 0. The number of rotatable bonds is 4. The molecule has 3 aliphatic rings. The van der Waals surface area contributed by atoms with E-state index in [0.29, 0.717) is 30.7 Å². The van der Waals surface area contributed by atoms with E-state index >= 15 is 0 Å². The minimum atomic E-state index is -0.0962. The molecule has 1 aromatic carbocycles. The number of urea groups is 1. The zero-order chi connectivity index (χ0) is 22.5. The van der Waals surface area contributed by atoms with Crippen LogP contribution in [0.4, 0.5) is 16.2 Å². The van der Waals surface area contributed by atoms with Gasteiger partial charge in [0.05, 0.1) is 17.9 Å². The van der Waals surface area contributed by atoms with Crippen LogP contribution in [0.2, 0.25) is 5.02 Å². The number of hydrogen-bond acceptors (Lipinski definition) is 4. The number of carbonyl (C=O) groups excluding carboxylic acids is 2. The second-order valence-corrected chi connectivity index (χ2v) is 9.77. The van der Waals surface area contributed by atoms with E-state index in [0.717, 1.165) is 56.9 Å². The molecule has 0 bridgehead atoms. The highest BCUT2D eigenvalue weighted by Crippen LogP contribution is 2.31. The summed E-state index contributed by atoms with van der Waals surface area (Å²) in [4.78, 5) is 34.1. The lowest BCUT2D eigenvalue weighted by Gasteiger charge is -2.38. The minimum absolute atomic E-state index is 0.0962. The molecule has 4 rings (SSSR count). The van der Waals surface area contributed by atoms with Crippen LogP contribution in [-0.2, 0) is 4.79 Å². The zero-order valence-electron chi connectivity index (χ0n) is 19.2. The molecule has 3 aliphatic heterocycles. The van der Waals surface area contributed by atoms with Gasteiger partial charge in [-0.25, -0.2) is 4.79 Å². The monoisotopic (exact) mass is 461 g/mol. The van der Waals surface area contributed by atoms with Crippen molar-refractivity contribution >= 4 is 34.9 Å². The van der Waals surface area contributed by atoms with E-state index in [4.69, 9.17) is 11.6 Å². The molecule has 3 heterocycles. The molecule has 1 unspecified atom stereocenters. The van der Waals surface area contributed by atoms with E-state index in [1.54, 1.807) is 0 Å². The number of halogens is 1. The average molecular weight is 462 g/mol. The van der Waals surface area contributed by atoms with Gasteiger partial charge in [0.1, 0.15) is 0 Å². The van der Waals surface area contributed by atoms with Crippen LogP contribution >= 0.6 is 11.6 Å². The number of amides is 3. The summed E-state index contributed by atoms with van der Waals surface area (Å²) in [6.45, 7) is 8.16. The molecule has 0 spiro atoms. The number of benzene rings is 1. The van der Waals surface area contributed by atoms with Gasteiger partial charge in [-0.1, -0.05) is 11.6 Å². The molecule has 1 N–H and O–H groups in total. The molecule has 7 nitrogen and oxygen atoms in total. The van der Waals surface area contributed by atoms with Crippen molar-refractivity contribution in [1.82, 2.24) is 14.7 Å². The van der Waals surface area contributed by atoms with Crippen molar-refractivity contribution in [2.75, 3.05) is 62.6 Å². The van der Waals surface area contributed by atoms with Crippen LogP contribution in [0.25, 0.3) is 0 Å². The molecular formula is C24H36ClN5O2. The topological polar surface area (TPSA) is 59.1 Å². The smallest absolute Gasteiger partial charge is 0.321 e. The Bertz CT molecular complexity index is 806. The van der Waals surface area contributed by atoms with Gasteiger partial charge in [-0.15, -0.1) is 0 Å². The van der Waals surface area contributed by atoms with Gasteiger partial charge in [0, 0.05) is 56.9 Å². The van der Waals surface area contributed by atoms with Crippen molar-refractivity contribution in [2.45, 2.75) is 51.5 Å². The number of hydrogen-bond donors (Lipinski definition) is 1. The van der Waals surface area contributed by atoms with Gasteiger partial charge in [0.2, 0.25) is 5.91 Å². The number of nitrogens with one attached hydrogen (secondary N) is 1. The zero-order valence-corrected chi connectivity index (χ0v) is 19.9. The fraction of sp³-hybridized carbons (Fsp3) is 0.667. The lowest BCUT2D eigenvalue weighted by molar-refractivity contribution is -0.136. The van der Waals surface area contributed by atoms with Crippen LogP contribution in [0, 0.1) is 0 Å². The quantitative estimate of drug-likeness (QED) is 0.739. The summed E-state index contributed by atoms with van der Waals surface area (Å²) in [5.41, 5.74) is 1.82. The predicted octanol–water partition coefficient (Wildman–Crippen LogP) is 3.88. The molecule has 0 aliphatic carbocycles. The molecule has 0 radical (unpaired) electrons. The Morgan fingerprint density at radius 1 is 0.969 bits per heavy atom. The molecule has 176 valence electrons. The van der Waals surface area contributed by atoms with Crippen LogP contribution < -0.4 is 10.2 Å². The van der Waals surface area contributed by atoms with Gasteiger partial charge in [-0.3, -0.25) is 9.69 Å². The highest BCUT2D eigenvalue weighted by Gasteiger charge is 2.28. The van der Waals surface area contributed by atoms with Gasteiger partial charge in [-0.05, 0) is 63.6 Å². The third kappa shape index (κ3) is 5.67. The van der Waals surface area contributed by atoms with E-state index in [1.807, 2.05) is 28.0 Å². The van der Waals surface area contributed by atoms with Gasteiger partial charge >= 0.3 is 6.03 Å². The predicted molar refractivity (Wildman–Crippen MR) is 130 cm³/mol. The van der Waals surface area contributed by atoms with E-state index in [-0.39, 0.29) is 11.9 Å². The third-order valence-corrected chi connectivity index (χ3v) is 7.27. The normalized spacial score (nSPS) is 22.7. The van der Waals surface area contributed by atoms with E-state index in [1.165, 1.54) is 25.7 Å². The lowest BCUT2D eigenvalue weighted by atomic mass is 10.0. The second kappa shape index (κ2) is 10.8. The van der Waals surface area contributed by atoms with Crippen LogP contribution in [0.5, 0.6) is 0 Å². The number of anilines is 2. The SMILES string of the molecule is CC1CCCCN1C(=O)CN1CCN(C(=O)Nc2cc(Cl)ccc2N2CCCCC2)CC1. The van der Waals surface area contributed by atoms with Crippen molar-refractivity contribution < 1.29 is 9.59 Å². The number of carbonyl (C=O) groups is 2. The van der Waals surface area contributed by atoms with Crippen LogP contribution in [0.15, 0.2) is 18.2 Å². The Labute approximate surface area is 196 Å². The Hall–Kier alpha value is -1.99. The molecular weight excluding hydrogens is 426 g/mol. The first-order chi connectivity index (χ1) is 15.5. The summed E-state index contributed by atoms with van der Waals surface area (Å²) in [7, 11) is 0. The van der Waals surface area contributed by atoms with Gasteiger partial charge in [0.15, 0.2) is 0 Å². The van der Waals surface area contributed by atoms with Crippen LogP contribution in [0.1, 0.15) is 45.4 Å². The average Bonchev–Trinajstić information content (AvgIpc) is 2.80. The Morgan fingerprint density at radius 3 is 2.41 bits per heavy atom. The Kier molecular flexibility index (Phi) is 7.79. The number of piperazine rings is 1. The molecule has 8 heteroatoms. The Balaban J connectivity index is 1.30. The minimum Gasteiger partial charge on any atom is -0.370 e. The molecule has 3 saturated heterocycles. The fourth-order valence-corrected chi connectivity index (χ4v) is 5.25. The van der Waals surface area contributed by atoms with Crippen molar-refractivity contribution in [3.05, 3.63) is 23.2 Å². The summed E-state index contributed by atoms with van der Waals surface area (Å²) in [5.74, 6) is 0.222. The molecule has 0 saturated carbocycles. The summed E-state index contributed by atoms with van der Waals surface area (Å²) >= 11 is 6.24.